The minimum absolute atomic E-state index is 0.00128. The molecule has 1 aliphatic rings. The van der Waals surface area contributed by atoms with E-state index >= 15 is 0 Å². The Morgan fingerprint density at radius 1 is 1.12 bits per heavy atom. The van der Waals surface area contributed by atoms with Gasteiger partial charge in [0.1, 0.15) is 0 Å². The summed E-state index contributed by atoms with van der Waals surface area (Å²) in [6, 6.07) is 20.8. The van der Waals surface area contributed by atoms with Gasteiger partial charge in [-0.15, -0.1) is 0 Å². The van der Waals surface area contributed by atoms with Crippen molar-refractivity contribution < 1.29 is 9.53 Å². The molecule has 2 aromatic carbocycles. The molecule has 2 nitrogen and oxygen atoms in total. The number of esters is 1. The van der Waals surface area contributed by atoms with E-state index in [0.29, 0.717) is 5.25 Å². The van der Waals surface area contributed by atoms with Gasteiger partial charge in [0.05, 0.1) is 0 Å². The van der Waals surface area contributed by atoms with E-state index in [1.807, 2.05) is 36.0 Å². The van der Waals surface area contributed by atoms with Gasteiger partial charge in [-0.2, -0.15) is 0 Å². The topological polar surface area (TPSA) is 26.3 Å². The van der Waals surface area contributed by atoms with Gasteiger partial charge in [0.25, 0.3) is 0 Å². The first kappa shape index (κ1) is 17.6. The fraction of sp³-hybridized carbons (Fsp3) is 0.350. The van der Waals surface area contributed by atoms with Gasteiger partial charge < -0.3 is 0 Å². The molecule has 2 aromatic rings. The summed E-state index contributed by atoms with van der Waals surface area (Å²) in [5.74, 6) is -0.00128. The third kappa shape index (κ3) is 4.66. The van der Waals surface area contributed by atoms with Crippen LogP contribution in [-0.2, 0) is 9.53 Å². The second-order valence-electron chi connectivity index (χ2n) is 5.89. The Balaban J connectivity index is 1.65. The average molecular weight is 405 g/mol. The van der Waals surface area contributed by atoms with Crippen molar-refractivity contribution in [1.29, 1.82) is 0 Å². The zero-order valence-corrected chi connectivity index (χ0v) is 16.3. The number of hydrogen-bond donors (Lipinski definition) is 0. The Kier molecular flexibility index (Phi) is 6.42. The zero-order chi connectivity index (χ0) is 16.8. The molecule has 126 valence electrons. The monoisotopic (exact) mass is 406 g/mol. The Bertz CT molecular complexity index is 647. The normalized spacial score (nSPS) is 21.5. The Hall–Kier alpha value is -1.22. The van der Waals surface area contributed by atoms with E-state index in [1.165, 1.54) is 9.36 Å². The fourth-order valence-electron chi connectivity index (χ4n) is 2.85. The summed E-state index contributed by atoms with van der Waals surface area (Å²) >= 11 is 2.00. The predicted molar refractivity (Wildman–Crippen MR) is 101 cm³/mol. The molecule has 1 heterocycles. The second-order valence-corrected chi connectivity index (χ2v) is 9.88. The summed E-state index contributed by atoms with van der Waals surface area (Å²) in [7, 11) is 0. The van der Waals surface area contributed by atoms with Gasteiger partial charge in [-0.3, -0.25) is 0 Å². The third-order valence-electron chi connectivity index (χ3n) is 4.02. The first-order valence-corrected chi connectivity index (χ1v) is 11.1. The molecule has 3 rings (SSSR count). The van der Waals surface area contributed by atoms with Crippen molar-refractivity contribution in [2.24, 2.45) is 0 Å². The van der Waals surface area contributed by atoms with Crippen molar-refractivity contribution in [3.8, 4) is 0 Å². The van der Waals surface area contributed by atoms with Crippen LogP contribution < -0.4 is 4.46 Å². The number of cyclic esters (lactones) is 1. The Labute approximate surface area is 154 Å². The number of thioether (sulfide) groups is 1. The van der Waals surface area contributed by atoms with E-state index in [4.69, 9.17) is 4.74 Å². The van der Waals surface area contributed by atoms with E-state index in [0.717, 1.165) is 19.3 Å². The van der Waals surface area contributed by atoms with Gasteiger partial charge in [0.15, 0.2) is 0 Å². The van der Waals surface area contributed by atoms with Gasteiger partial charge >= 0.3 is 155 Å². The van der Waals surface area contributed by atoms with Crippen molar-refractivity contribution in [2.75, 3.05) is 0 Å². The Morgan fingerprint density at radius 3 is 2.46 bits per heavy atom. The molecule has 0 amide bonds. The molecular formula is C20H22O2SSe. The van der Waals surface area contributed by atoms with Crippen LogP contribution in [0.5, 0.6) is 0 Å². The fourth-order valence-corrected chi connectivity index (χ4v) is 6.45. The van der Waals surface area contributed by atoms with Crippen LogP contribution in [0.15, 0.2) is 65.6 Å². The first-order valence-electron chi connectivity index (χ1n) is 8.40. The molecule has 0 N–H and O–H groups in total. The molecule has 4 heteroatoms. The summed E-state index contributed by atoms with van der Waals surface area (Å²) < 4.78 is 7.06. The number of carbonyl (C=O) groups is 1. The molecule has 0 saturated carbocycles. The molecule has 3 atom stereocenters. The summed E-state index contributed by atoms with van der Waals surface area (Å²) in [5, 5.41) is 0.345. The number of hydrogen-bond acceptors (Lipinski definition) is 3. The molecule has 1 fully saturated rings. The second kappa shape index (κ2) is 8.75. The van der Waals surface area contributed by atoms with E-state index < -0.39 is 0 Å². The van der Waals surface area contributed by atoms with Crippen molar-refractivity contribution in [3.05, 3.63) is 60.7 Å². The van der Waals surface area contributed by atoms with Crippen molar-refractivity contribution in [2.45, 2.75) is 47.3 Å². The molecule has 24 heavy (non-hydrogen) atoms. The Morgan fingerprint density at radius 2 is 1.79 bits per heavy atom. The zero-order valence-electron chi connectivity index (χ0n) is 13.8. The average Bonchev–Trinajstić information content (AvgIpc) is 2.97. The molecule has 1 saturated heterocycles. The molecule has 0 bridgehead atoms. The van der Waals surface area contributed by atoms with Gasteiger partial charge in [-0.25, -0.2) is 0 Å². The van der Waals surface area contributed by atoms with Crippen molar-refractivity contribution in [1.82, 2.24) is 0 Å². The van der Waals surface area contributed by atoms with Crippen molar-refractivity contribution in [3.63, 3.8) is 0 Å². The summed E-state index contributed by atoms with van der Waals surface area (Å²) in [5.41, 5.74) is 0. The first-order chi connectivity index (χ1) is 11.8. The van der Waals surface area contributed by atoms with Crippen LogP contribution >= 0.6 is 11.8 Å². The molecule has 0 spiro atoms. The molecule has 3 unspecified atom stereocenters. The summed E-state index contributed by atoms with van der Waals surface area (Å²) in [6.45, 7) is 2.20. The third-order valence-corrected chi connectivity index (χ3v) is 7.95. The quantitative estimate of drug-likeness (QED) is 0.395. The SMILES string of the molecule is CCCC(Sc1ccccc1)C1CC([Se]c2ccccc2)C(=O)O1. The van der Waals surface area contributed by atoms with Crippen LogP contribution in [0, 0.1) is 0 Å². The number of rotatable bonds is 7. The van der Waals surface area contributed by atoms with Crippen LogP contribution in [0.3, 0.4) is 0 Å². The minimum atomic E-state index is -0.00128. The van der Waals surface area contributed by atoms with E-state index in [9.17, 15) is 4.79 Å². The van der Waals surface area contributed by atoms with Crippen LogP contribution in [0.25, 0.3) is 0 Å². The van der Waals surface area contributed by atoms with Gasteiger partial charge in [-0.05, 0) is 0 Å². The van der Waals surface area contributed by atoms with E-state index in [2.05, 4.69) is 43.3 Å². The molecule has 1 aliphatic heterocycles. The summed E-state index contributed by atoms with van der Waals surface area (Å²) in [6.07, 6.45) is 3.08. The van der Waals surface area contributed by atoms with Gasteiger partial charge in [0.2, 0.25) is 0 Å². The van der Waals surface area contributed by atoms with Crippen LogP contribution in [0.2, 0.25) is 4.82 Å². The molecule has 0 aliphatic carbocycles. The number of ether oxygens (including phenoxy) is 1. The summed E-state index contributed by atoms with van der Waals surface area (Å²) in [4.78, 5) is 13.6. The molecule has 0 aromatic heterocycles. The maximum atomic E-state index is 12.3. The van der Waals surface area contributed by atoms with Crippen LogP contribution in [0.4, 0.5) is 0 Å². The number of benzene rings is 2. The predicted octanol–water partition coefficient (Wildman–Crippen LogP) is 4.08. The van der Waals surface area contributed by atoms with E-state index in [-0.39, 0.29) is 31.8 Å². The van der Waals surface area contributed by atoms with Crippen LogP contribution in [0.1, 0.15) is 26.2 Å². The number of carbonyl (C=O) groups excluding carboxylic acids is 1. The van der Waals surface area contributed by atoms with Crippen LogP contribution in [-0.4, -0.2) is 32.3 Å². The maximum absolute atomic E-state index is 12.3. The van der Waals surface area contributed by atoms with Gasteiger partial charge in [-0.1, -0.05) is 0 Å². The standard InChI is InChI=1S/C20H22O2SSe/c1-2-9-18(23-15-10-5-3-6-11-15)17-14-19(20(21)22-17)24-16-12-7-4-8-13-16/h3-8,10-13,17-19H,2,9,14H2,1H3. The van der Waals surface area contributed by atoms with Gasteiger partial charge in [0, 0.05) is 0 Å². The van der Waals surface area contributed by atoms with Crippen molar-refractivity contribution >= 4 is 37.1 Å². The molecule has 0 radical (unpaired) electrons. The van der Waals surface area contributed by atoms with E-state index in [1.54, 1.807) is 0 Å². The molecular weight excluding hydrogens is 383 g/mol.